The summed E-state index contributed by atoms with van der Waals surface area (Å²) in [6.45, 7) is 4.45. The first-order valence-electron chi connectivity index (χ1n) is 10.5. The zero-order valence-electron chi connectivity index (χ0n) is 18.8. The zero-order valence-corrected chi connectivity index (χ0v) is 20.4. The average Bonchev–Trinajstić information content (AvgIpc) is 2.68. The van der Waals surface area contributed by atoms with Crippen LogP contribution >= 0.6 is 0 Å². The summed E-state index contributed by atoms with van der Waals surface area (Å²) < 4.78 is 56.1. The topological polar surface area (TPSA) is 130 Å². The van der Waals surface area contributed by atoms with Gasteiger partial charge in [-0.15, -0.1) is 0 Å². The molecule has 182 valence electrons. The molecule has 2 rings (SSSR count). The van der Waals surface area contributed by atoms with Gasteiger partial charge < -0.3 is 9.80 Å². The zero-order chi connectivity index (χ0) is 23.9. The summed E-state index contributed by atoms with van der Waals surface area (Å²) in [7, 11) is -5.67. The highest BCUT2D eigenvalue weighted by atomic mass is 32.2. The Balaban J connectivity index is 2.45. The molecule has 1 aromatic rings. The van der Waals surface area contributed by atoms with Gasteiger partial charge in [0.05, 0.1) is 23.5 Å². The smallest absolute Gasteiger partial charge is 0.270 e. The molecule has 0 N–H and O–H groups in total. The van der Waals surface area contributed by atoms with Crippen LogP contribution in [0.4, 0.5) is 11.4 Å². The number of hydrogen-bond donors (Lipinski definition) is 0. The molecule has 32 heavy (non-hydrogen) atoms. The third-order valence-electron chi connectivity index (χ3n) is 5.16. The molecule has 1 aromatic carbocycles. The summed E-state index contributed by atoms with van der Waals surface area (Å²) in [5.74, 6) is 0. The van der Waals surface area contributed by atoms with Crippen LogP contribution in [-0.4, -0.2) is 90.1 Å². The second kappa shape index (κ2) is 11.4. The van der Waals surface area contributed by atoms with E-state index in [0.29, 0.717) is 44.6 Å². The normalized spacial score (nSPS) is 17.0. The Labute approximate surface area is 190 Å². The molecule has 0 aliphatic carbocycles. The van der Waals surface area contributed by atoms with Crippen molar-refractivity contribution in [3.05, 3.63) is 28.3 Å². The number of hydrogen-bond acceptors (Lipinski definition) is 9. The van der Waals surface area contributed by atoms with E-state index >= 15 is 0 Å². The SMILES string of the molecule is CCCN(CCOS(C)(=O)=O)c1ccc([N+](=O)[O-])cc1S(=O)(=O)N1CCCN(C)CCC1. The van der Waals surface area contributed by atoms with Crippen molar-refractivity contribution in [3.8, 4) is 0 Å². The van der Waals surface area contributed by atoms with Crippen molar-refractivity contribution in [3.63, 3.8) is 0 Å². The van der Waals surface area contributed by atoms with Crippen LogP contribution in [0.3, 0.4) is 0 Å². The van der Waals surface area contributed by atoms with Crippen LogP contribution < -0.4 is 4.90 Å². The number of anilines is 1. The lowest BCUT2D eigenvalue weighted by atomic mass is 10.2. The van der Waals surface area contributed by atoms with E-state index in [0.717, 1.165) is 25.4 Å². The summed E-state index contributed by atoms with van der Waals surface area (Å²) in [6.07, 6.45) is 2.91. The van der Waals surface area contributed by atoms with E-state index in [4.69, 9.17) is 4.18 Å². The van der Waals surface area contributed by atoms with E-state index in [-0.39, 0.29) is 23.7 Å². The van der Waals surface area contributed by atoms with Crippen molar-refractivity contribution in [1.82, 2.24) is 9.21 Å². The van der Waals surface area contributed by atoms with Crippen molar-refractivity contribution < 1.29 is 25.9 Å². The molecule has 13 heteroatoms. The Hall–Kier alpha value is -1.80. The fourth-order valence-corrected chi connectivity index (χ4v) is 5.77. The first-order chi connectivity index (χ1) is 15.0. The van der Waals surface area contributed by atoms with Gasteiger partial charge in [0.1, 0.15) is 4.90 Å². The largest absolute Gasteiger partial charge is 0.368 e. The van der Waals surface area contributed by atoms with Crippen molar-refractivity contribution >= 4 is 31.5 Å². The van der Waals surface area contributed by atoms with Gasteiger partial charge in [-0.25, -0.2) is 8.42 Å². The number of nitro benzene ring substituents is 1. The summed E-state index contributed by atoms with van der Waals surface area (Å²) in [5.41, 5.74) is -0.0170. The first kappa shape index (κ1) is 26.5. The Morgan fingerprint density at radius 1 is 1.09 bits per heavy atom. The minimum Gasteiger partial charge on any atom is -0.368 e. The Morgan fingerprint density at radius 2 is 1.72 bits per heavy atom. The quantitative estimate of drug-likeness (QED) is 0.271. The maximum atomic E-state index is 13.6. The molecule has 1 saturated heterocycles. The molecule has 1 aliphatic heterocycles. The highest BCUT2D eigenvalue weighted by molar-refractivity contribution is 7.89. The summed E-state index contributed by atoms with van der Waals surface area (Å²) >= 11 is 0. The van der Waals surface area contributed by atoms with Crippen LogP contribution in [0, 0.1) is 10.1 Å². The first-order valence-corrected chi connectivity index (χ1v) is 13.8. The van der Waals surface area contributed by atoms with Crippen molar-refractivity contribution in [2.45, 2.75) is 31.1 Å². The maximum Gasteiger partial charge on any atom is 0.270 e. The maximum absolute atomic E-state index is 13.6. The van der Waals surface area contributed by atoms with Crippen LogP contribution in [0.25, 0.3) is 0 Å². The van der Waals surface area contributed by atoms with E-state index in [2.05, 4.69) is 4.90 Å². The van der Waals surface area contributed by atoms with E-state index in [1.807, 2.05) is 14.0 Å². The van der Waals surface area contributed by atoms with Crippen LogP contribution in [0.2, 0.25) is 0 Å². The predicted molar refractivity (Wildman–Crippen MR) is 122 cm³/mol. The second-order valence-electron chi connectivity index (χ2n) is 7.84. The van der Waals surface area contributed by atoms with Gasteiger partial charge in [0.2, 0.25) is 10.0 Å². The Morgan fingerprint density at radius 3 is 2.25 bits per heavy atom. The summed E-state index contributed by atoms with van der Waals surface area (Å²) in [4.78, 5) is 14.4. The molecule has 0 atom stereocenters. The molecule has 1 aliphatic rings. The molecule has 0 saturated carbocycles. The molecular formula is C19H32N4O7S2. The molecule has 1 heterocycles. The number of non-ortho nitro benzene ring substituents is 1. The molecule has 0 spiro atoms. The van der Waals surface area contributed by atoms with E-state index in [1.54, 1.807) is 4.90 Å². The van der Waals surface area contributed by atoms with Crippen molar-refractivity contribution in [2.24, 2.45) is 0 Å². The average molecular weight is 493 g/mol. The lowest BCUT2D eigenvalue weighted by Crippen LogP contribution is -2.39. The van der Waals surface area contributed by atoms with Crippen molar-refractivity contribution in [1.29, 1.82) is 0 Å². The highest BCUT2D eigenvalue weighted by Gasteiger charge is 2.31. The fraction of sp³-hybridized carbons (Fsp3) is 0.684. The van der Waals surface area contributed by atoms with Gasteiger partial charge in [-0.3, -0.25) is 14.3 Å². The minimum atomic E-state index is -4.01. The van der Waals surface area contributed by atoms with Gasteiger partial charge >= 0.3 is 0 Å². The molecular weight excluding hydrogens is 460 g/mol. The molecule has 1 fully saturated rings. The molecule has 0 radical (unpaired) electrons. The van der Waals surface area contributed by atoms with E-state index < -0.39 is 25.1 Å². The van der Waals surface area contributed by atoms with Crippen LogP contribution in [0.1, 0.15) is 26.2 Å². The van der Waals surface area contributed by atoms with E-state index in [9.17, 15) is 26.9 Å². The van der Waals surface area contributed by atoms with Gasteiger partial charge in [-0.2, -0.15) is 12.7 Å². The summed E-state index contributed by atoms with van der Waals surface area (Å²) in [6, 6.07) is 3.77. The highest BCUT2D eigenvalue weighted by Crippen LogP contribution is 2.32. The molecule has 0 unspecified atom stereocenters. The van der Waals surface area contributed by atoms with Crippen molar-refractivity contribution in [2.75, 3.05) is 64.1 Å². The number of nitrogens with zero attached hydrogens (tertiary/aromatic N) is 4. The standard InChI is InChI=1S/C19H32N4O7S2/c1-4-9-21(14-15-30-31(3,26)27)18-8-7-17(23(24)25)16-19(18)32(28,29)22-12-5-10-20(2)11-6-13-22/h7-8,16H,4-6,9-15H2,1-3H3. The van der Waals surface area contributed by atoms with Crippen LogP contribution in [0.5, 0.6) is 0 Å². The van der Waals surface area contributed by atoms with Gasteiger partial charge in [0, 0.05) is 38.3 Å². The number of nitro groups is 1. The Bertz CT molecular complexity index is 989. The lowest BCUT2D eigenvalue weighted by molar-refractivity contribution is -0.385. The van der Waals surface area contributed by atoms with Gasteiger partial charge in [-0.1, -0.05) is 6.92 Å². The summed E-state index contributed by atoms with van der Waals surface area (Å²) in [5, 5.41) is 11.4. The number of rotatable bonds is 10. The third-order valence-corrected chi connectivity index (χ3v) is 7.68. The number of sulfonamides is 1. The predicted octanol–water partition coefficient (Wildman–Crippen LogP) is 1.50. The van der Waals surface area contributed by atoms with Gasteiger partial charge in [0.25, 0.3) is 15.8 Å². The van der Waals surface area contributed by atoms with Gasteiger partial charge in [0.15, 0.2) is 0 Å². The molecule has 0 amide bonds. The molecule has 0 bridgehead atoms. The fourth-order valence-electron chi connectivity index (χ4n) is 3.64. The second-order valence-corrected chi connectivity index (χ2v) is 11.4. The number of benzene rings is 1. The monoisotopic (exact) mass is 492 g/mol. The molecule has 0 aromatic heterocycles. The lowest BCUT2D eigenvalue weighted by Gasteiger charge is -2.30. The van der Waals surface area contributed by atoms with Gasteiger partial charge in [-0.05, 0) is 45.5 Å². The minimum absolute atomic E-state index is 0.117. The third kappa shape index (κ3) is 7.37. The van der Waals surface area contributed by atoms with E-state index in [1.165, 1.54) is 16.4 Å². The van der Waals surface area contributed by atoms with Crippen LogP contribution in [-0.2, 0) is 24.3 Å². The van der Waals surface area contributed by atoms with Crippen LogP contribution in [0.15, 0.2) is 23.1 Å². The Kier molecular flexibility index (Phi) is 9.40. The molecule has 11 nitrogen and oxygen atoms in total.